The standard InChI is InChI=1S/C13H20N2O/c1-10(9-15(2)3)13(16)8-11-5-4-6-12(14)7-11/h4-7,10H,8-9,14H2,1-3H3/t10-/m0/s1. The second-order valence-corrected chi connectivity index (χ2v) is 4.55. The monoisotopic (exact) mass is 220 g/mol. The minimum atomic E-state index is 0.0661. The predicted molar refractivity (Wildman–Crippen MR) is 67.3 cm³/mol. The van der Waals surface area contributed by atoms with E-state index in [4.69, 9.17) is 5.73 Å². The summed E-state index contributed by atoms with van der Waals surface area (Å²) in [6.45, 7) is 2.76. The Balaban J connectivity index is 2.57. The summed E-state index contributed by atoms with van der Waals surface area (Å²) < 4.78 is 0. The van der Waals surface area contributed by atoms with Crippen LogP contribution < -0.4 is 5.73 Å². The molecule has 0 saturated heterocycles. The Morgan fingerprint density at radius 2 is 2.12 bits per heavy atom. The molecule has 2 N–H and O–H groups in total. The number of anilines is 1. The van der Waals surface area contributed by atoms with Crippen LogP contribution in [0.2, 0.25) is 0 Å². The summed E-state index contributed by atoms with van der Waals surface area (Å²) in [5.41, 5.74) is 7.38. The van der Waals surface area contributed by atoms with Gasteiger partial charge >= 0.3 is 0 Å². The molecule has 1 atom stereocenters. The van der Waals surface area contributed by atoms with Gasteiger partial charge in [-0.1, -0.05) is 19.1 Å². The van der Waals surface area contributed by atoms with Crippen LogP contribution in [0.3, 0.4) is 0 Å². The molecule has 0 aliphatic carbocycles. The van der Waals surface area contributed by atoms with Crippen molar-refractivity contribution in [1.82, 2.24) is 4.90 Å². The molecule has 0 fully saturated rings. The van der Waals surface area contributed by atoms with E-state index in [-0.39, 0.29) is 11.7 Å². The second kappa shape index (κ2) is 5.66. The molecule has 0 heterocycles. The lowest BCUT2D eigenvalue weighted by molar-refractivity contribution is -0.122. The van der Waals surface area contributed by atoms with Gasteiger partial charge in [-0.3, -0.25) is 4.79 Å². The van der Waals surface area contributed by atoms with Crippen LogP contribution in [0, 0.1) is 5.92 Å². The number of benzene rings is 1. The van der Waals surface area contributed by atoms with Gasteiger partial charge in [0.2, 0.25) is 0 Å². The molecule has 1 rings (SSSR count). The molecule has 0 bridgehead atoms. The summed E-state index contributed by atoms with van der Waals surface area (Å²) in [7, 11) is 3.95. The van der Waals surface area contributed by atoms with Crippen LogP contribution in [0.15, 0.2) is 24.3 Å². The van der Waals surface area contributed by atoms with E-state index in [0.717, 1.165) is 12.1 Å². The van der Waals surface area contributed by atoms with Gasteiger partial charge in [0.15, 0.2) is 0 Å². The zero-order chi connectivity index (χ0) is 12.1. The number of carbonyl (C=O) groups is 1. The maximum atomic E-state index is 11.9. The quantitative estimate of drug-likeness (QED) is 0.766. The maximum Gasteiger partial charge on any atom is 0.141 e. The average molecular weight is 220 g/mol. The molecule has 0 saturated carbocycles. The first kappa shape index (κ1) is 12.7. The van der Waals surface area contributed by atoms with Crippen molar-refractivity contribution >= 4 is 11.5 Å². The molecular weight excluding hydrogens is 200 g/mol. The Hall–Kier alpha value is -1.35. The van der Waals surface area contributed by atoms with Crippen LogP contribution in [-0.2, 0) is 11.2 Å². The topological polar surface area (TPSA) is 46.3 Å². The number of carbonyl (C=O) groups excluding carboxylic acids is 1. The molecule has 1 aromatic rings. The number of nitrogens with zero attached hydrogens (tertiary/aromatic N) is 1. The molecule has 0 aromatic heterocycles. The largest absolute Gasteiger partial charge is 0.399 e. The molecule has 3 heteroatoms. The first-order valence-corrected chi connectivity index (χ1v) is 5.51. The smallest absolute Gasteiger partial charge is 0.141 e. The molecule has 0 spiro atoms. The van der Waals surface area contributed by atoms with Gasteiger partial charge in [0, 0.05) is 24.6 Å². The molecule has 0 unspecified atom stereocenters. The van der Waals surface area contributed by atoms with E-state index < -0.39 is 0 Å². The summed E-state index contributed by atoms with van der Waals surface area (Å²) in [6.07, 6.45) is 0.472. The van der Waals surface area contributed by atoms with Crippen molar-refractivity contribution in [3.05, 3.63) is 29.8 Å². The Morgan fingerprint density at radius 1 is 1.44 bits per heavy atom. The van der Waals surface area contributed by atoms with E-state index >= 15 is 0 Å². The Kier molecular flexibility index (Phi) is 4.50. The lowest BCUT2D eigenvalue weighted by Gasteiger charge is -2.15. The normalized spacial score (nSPS) is 12.8. The number of hydrogen-bond donors (Lipinski definition) is 1. The summed E-state index contributed by atoms with van der Waals surface area (Å²) in [5.74, 6) is 0.329. The predicted octanol–water partition coefficient (Wildman–Crippen LogP) is 1.58. The van der Waals surface area contributed by atoms with E-state index in [0.29, 0.717) is 12.1 Å². The van der Waals surface area contributed by atoms with Crippen molar-refractivity contribution in [1.29, 1.82) is 0 Å². The molecule has 3 nitrogen and oxygen atoms in total. The highest BCUT2D eigenvalue weighted by Gasteiger charge is 2.14. The molecular formula is C13H20N2O. The fraction of sp³-hybridized carbons (Fsp3) is 0.462. The number of hydrogen-bond acceptors (Lipinski definition) is 3. The molecule has 0 radical (unpaired) electrons. The van der Waals surface area contributed by atoms with Crippen LogP contribution >= 0.6 is 0 Å². The van der Waals surface area contributed by atoms with Gasteiger partial charge in [-0.25, -0.2) is 0 Å². The highest BCUT2D eigenvalue weighted by molar-refractivity contribution is 5.83. The molecule has 16 heavy (non-hydrogen) atoms. The minimum absolute atomic E-state index is 0.0661. The SMILES string of the molecule is C[C@@H](CN(C)C)C(=O)Cc1cccc(N)c1. The molecule has 0 amide bonds. The Bertz CT molecular complexity index is 361. The number of Topliss-reactive ketones (excluding diaryl/α,β-unsaturated/α-hetero) is 1. The van der Waals surface area contributed by atoms with Gasteiger partial charge in [0.25, 0.3) is 0 Å². The van der Waals surface area contributed by atoms with Gasteiger partial charge < -0.3 is 10.6 Å². The van der Waals surface area contributed by atoms with Gasteiger partial charge in [-0.15, -0.1) is 0 Å². The van der Waals surface area contributed by atoms with Crippen molar-refractivity contribution in [2.75, 3.05) is 26.4 Å². The number of rotatable bonds is 5. The first-order valence-electron chi connectivity index (χ1n) is 5.51. The third-order valence-electron chi connectivity index (χ3n) is 2.52. The highest BCUT2D eigenvalue weighted by Crippen LogP contribution is 2.10. The number of nitrogens with two attached hydrogens (primary N) is 1. The molecule has 88 valence electrons. The van der Waals surface area contributed by atoms with Crippen LogP contribution in [0.5, 0.6) is 0 Å². The van der Waals surface area contributed by atoms with E-state index in [1.165, 1.54) is 0 Å². The van der Waals surface area contributed by atoms with Gasteiger partial charge in [-0.05, 0) is 31.8 Å². The summed E-state index contributed by atoms with van der Waals surface area (Å²) in [5, 5.41) is 0. The lowest BCUT2D eigenvalue weighted by atomic mass is 9.99. The molecule has 0 aliphatic rings. The average Bonchev–Trinajstić information content (AvgIpc) is 2.16. The van der Waals surface area contributed by atoms with Crippen LogP contribution in [0.4, 0.5) is 5.69 Å². The van der Waals surface area contributed by atoms with Gasteiger partial charge in [0.1, 0.15) is 5.78 Å². The lowest BCUT2D eigenvalue weighted by Crippen LogP contribution is -2.26. The summed E-state index contributed by atoms with van der Waals surface area (Å²) in [4.78, 5) is 13.9. The Labute approximate surface area is 97.2 Å². The van der Waals surface area contributed by atoms with Crippen LogP contribution in [0.1, 0.15) is 12.5 Å². The maximum absolute atomic E-state index is 11.9. The number of nitrogen functional groups attached to an aromatic ring is 1. The fourth-order valence-corrected chi connectivity index (χ4v) is 1.73. The van der Waals surface area contributed by atoms with E-state index in [1.807, 2.05) is 50.2 Å². The van der Waals surface area contributed by atoms with Crippen molar-refractivity contribution in [3.63, 3.8) is 0 Å². The van der Waals surface area contributed by atoms with Crippen molar-refractivity contribution in [2.45, 2.75) is 13.3 Å². The van der Waals surface area contributed by atoms with Crippen molar-refractivity contribution < 1.29 is 4.79 Å². The fourth-order valence-electron chi connectivity index (χ4n) is 1.73. The van der Waals surface area contributed by atoms with Crippen molar-refractivity contribution in [2.24, 2.45) is 5.92 Å². The zero-order valence-corrected chi connectivity index (χ0v) is 10.2. The van der Waals surface area contributed by atoms with E-state index in [9.17, 15) is 4.79 Å². The highest BCUT2D eigenvalue weighted by atomic mass is 16.1. The Morgan fingerprint density at radius 3 is 2.69 bits per heavy atom. The van der Waals surface area contributed by atoms with Crippen LogP contribution in [0.25, 0.3) is 0 Å². The molecule has 0 aliphatic heterocycles. The minimum Gasteiger partial charge on any atom is -0.399 e. The first-order chi connectivity index (χ1) is 7.49. The van der Waals surface area contributed by atoms with Crippen molar-refractivity contribution in [3.8, 4) is 0 Å². The van der Waals surface area contributed by atoms with Crippen LogP contribution in [-0.4, -0.2) is 31.3 Å². The number of ketones is 1. The van der Waals surface area contributed by atoms with E-state index in [2.05, 4.69) is 0 Å². The van der Waals surface area contributed by atoms with Gasteiger partial charge in [-0.2, -0.15) is 0 Å². The third kappa shape index (κ3) is 4.03. The third-order valence-corrected chi connectivity index (χ3v) is 2.52. The van der Waals surface area contributed by atoms with Gasteiger partial charge in [0.05, 0.1) is 0 Å². The molecule has 1 aromatic carbocycles. The summed E-state index contributed by atoms with van der Waals surface area (Å²) >= 11 is 0. The van der Waals surface area contributed by atoms with E-state index in [1.54, 1.807) is 0 Å². The summed E-state index contributed by atoms with van der Waals surface area (Å²) in [6, 6.07) is 7.52. The second-order valence-electron chi connectivity index (χ2n) is 4.55. The zero-order valence-electron chi connectivity index (χ0n) is 10.2.